The Morgan fingerprint density at radius 2 is 1.10 bits per heavy atom. The standard InChI is InChI=1S/C27H23O2PS/c28-27(29-23-15-7-2-8-16-23)21-26(22-13-5-1-6-14-22)30(31,24-17-9-3-10-18-24)25-19-11-4-12-20-25/h1-20,26H,21H2/t26-/m0/s1. The molecular formula is C27H23O2PS. The average molecular weight is 443 g/mol. The van der Waals surface area contributed by atoms with Crippen LogP contribution in [0.25, 0.3) is 0 Å². The molecule has 0 radical (unpaired) electrons. The lowest BCUT2D eigenvalue weighted by Crippen LogP contribution is -2.24. The maximum Gasteiger partial charge on any atom is 0.312 e. The molecule has 154 valence electrons. The summed E-state index contributed by atoms with van der Waals surface area (Å²) in [5.41, 5.74) is 0.883. The smallest absolute Gasteiger partial charge is 0.312 e. The van der Waals surface area contributed by atoms with Crippen molar-refractivity contribution in [3.8, 4) is 5.75 Å². The number of benzene rings is 4. The van der Waals surface area contributed by atoms with Crippen molar-refractivity contribution in [3.05, 3.63) is 127 Å². The van der Waals surface area contributed by atoms with E-state index >= 15 is 0 Å². The Kier molecular flexibility index (Phi) is 6.76. The van der Waals surface area contributed by atoms with E-state index in [0.29, 0.717) is 5.75 Å². The molecule has 2 nitrogen and oxygen atoms in total. The van der Waals surface area contributed by atoms with Crippen LogP contribution in [0.3, 0.4) is 0 Å². The molecule has 0 aliphatic heterocycles. The zero-order chi connectivity index (χ0) is 21.5. The molecule has 0 aromatic heterocycles. The van der Waals surface area contributed by atoms with Gasteiger partial charge in [0.15, 0.2) is 0 Å². The number of rotatable bonds is 7. The molecule has 4 heteroatoms. The first-order valence-electron chi connectivity index (χ1n) is 10.2. The summed E-state index contributed by atoms with van der Waals surface area (Å²) in [5.74, 6) is 0.271. The lowest BCUT2D eigenvalue weighted by Gasteiger charge is -2.32. The van der Waals surface area contributed by atoms with Gasteiger partial charge in [0.05, 0.1) is 6.42 Å². The number of para-hydroxylation sites is 1. The van der Waals surface area contributed by atoms with Crippen LogP contribution in [0.2, 0.25) is 0 Å². The van der Waals surface area contributed by atoms with Crippen LogP contribution in [0.1, 0.15) is 17.6 Å². The van der Waals surface area contributed by atoms with Crippen molar-refractivity contribution in [1.82, 2.24) is 0 Å². The van der Waals surface area contributed by atoms with Gasteiger partial charge in [-0.25, -0.2) is 0 Å². The van der Waals surface area contributed by atoms with Gasteiger partial charge < -0.3 is 4.74 Å². The van der Waals surface area contributed by atoms with Gasteiger partial charge in [-0.15, -0.1) is 0 Å². The van der Waals surface area contributed by atoms with Crippen LogP contribution < -0.4 is 15.3 Å². The molecule has 0 aliphatic carbocycles. The third-order valence-electron chi connectivity index (χ3n) is 5.24. The topological polar surface area (TPSA) is 26.3 Å². The van der Waals surface area contributed by atoms with E-state index < -0.39 is 6.04 Å². The van der Waals surface area contributed by atoms with Crippen molar-refractivity contribution in [3.63, 3.8) is 0 Å². The second-order valence-electron chi connectivity index (χ2n) is 7.25. The Labute approximate surface area is 188 Å². The molecule has 31 heavy (non-hydrogen) atoms. The zero-order valence-electron chi connectivity index (χ0n) is 17.0. The highest BCUT2D eigenvalue weighted by Crippen LogP contribution is 2.59. The van der Waals surface area contributed by atoms with Crippen LogP contribution in [0.15, 0.2) is 121 Å². The quantitative estimate of drug-likeness (QED) is 0.204. The molecule has 0 fully saturated rings. The second kappa shape index (κ2) is 9.87. The predicted octanol–water partition coefficient (Wildman–Crippen LogP) is 5.85. The van der Waals surface area contributed by atoms with E-state index in [1.165, 1.54) is 0 Å². The Bertz CT molecular complexity index is 1120. The Morgan fingerprint density at radius 1 is 0.677 bits per heavy atom. The summed E-state index contributed by atoms with van der Waals surface area (Å²) in [6, 6.07) is 37.3. The summed E-state index contributed by atoms with van der Waals surface area (Å²) in [7, 11) is 0. The number of hydrogen-bond acceptors (Lipinski definition) is 3. The van der Waals surface area contributed by atoms with Crippen LogP contribution in [-0.4, -0.2) is 5.97 Å². The summed E-state index contributed by atoms with van der Waals surface area (Å²) in [6.45, 7) is 0. The van der Waals surface area contributed by atoms with Crippen molar-refractivity contribution in [2.45, 2.75) is 12.1 Å². The molecule has 0 saturated heterocycles. The van der Waals surface area contributed by atoms with Crippen molar-refractivity contribution < 1.29 is 9.53 Å². The summed E-state index contributed by atoms with van der Waals surface area (Å²) >= 11 is 6.52. The average Bonchev–Trinajstić information content (AvgIpc) is 2.84. The molecule has 0 aliphatic rings. The lowest BCUT2D eigenvalue weighted by atomic mass is 10.1. The van der Waals surface area contributed by atoms with Crippen LogP contribution in [0, 0.1) is 0 Å². The molecule has 4 aromatic rings. The van der Waals surface area contributed by atoms with Gasteiger partial charge in [0, 0.05) is 11.7 Å². The first kappa shape index (κ1) is 21.2. The molecule has 4 aromatic carbocycles. The van der Waals surface area contributed by atoms with Gasteiger partial charge >= 0.3 is 5.97 Å². The molecule has 0 saturated carbocycles. The van der Waals surface area contributed by atoms with E-state index in [2.05, 4.69) is 36.4 Å². The molecular weight excluding hydrogens is 419 g/mol. The third kappa shape index (κ3) is 4.85. The number of ether oxygens (including phenoxy) is 1. The molecule has 0 N–H and O–H groups in total. The van der Waals surface area contributed by atoms with Crippen LogP contribution in [0.5, 0.6) is 5.75 Å². The summed E-state index contributed by atoms with van der Waals surface area (Å²) in [6.07, 6.45) is 0.208. The number of carbonyl (C=O) groups is 1. The largest absolute Gasteiger partial charge is 0.427 e. The number of esters is 1. The van der Waals surface area contributed by atoms with Gasteiger partial charge in [-0.3, -0.25) is 4.79 Å². The number of hydrogen-bond donors (Lipinski definition) is 0. The van der Waals surface area contributed by atoms with E-state index in [4.69, 9.17) is 16.5 Å². The highest BCUT2D eigenvalue weighted by molar-refractivity contribution is 8.22. The normalized spacial score (nSPS) is 12.1. The number of carbonyl (C=O) groups excluding carboxylic acids is 1. The summed E-state index contributed by atoms with van der Waals surface area (Å²) < 4.78 is 5.67. The molecule has 0 heterocycles. The fourth-order valence-corrected chi connectivity index (χ4v) is 8.32. The highest BCUT2D eigenvalue weighted by atomic mass is 32.4. The SMILES string of the molecule is O=C(C[C@@H](c1ccccc1)P(=S)(c1ccccc1)c1ccccc1)Oc1ccccc1. The summed E-state index contributed by atoms with van der Waals surface area (Å²) in [4.78, 5) is 13.1. The first-order chi connectivity index (χ1) is 15.2. The first-order valence-corrected chi connectivity index (χ1v) is 13.1. The lowest BCUT2D eigenvalue weighted by molar-refractivity contribution is -0.134. The predicted molar refractivity (Wildman–Crippen MR) is 132 cm³/mol. The van der Waals surface area contributed by atoms with Gasteiger partial charge in [0.2, 0.25) is 0 Å². The zero-order valence-corrected chi connectivity index (χ0v) is 18.7. The minimum Gasteiger partial charge on any atom is -0.427 e. The van der Waals surface area contributed by atoms with Crippen molar-refractivity contribution >= 4 is 34.4 Å². The van der Waals surface area contributed by atoms with Crippen molar-refractivity contribution in [2.24, 2.45) is 0 Å². The highest BCUT2D eigenvalue weighted by Gasteiger charge is 2.35. The third-order valence-corrected chi connectivity index (χ3v) is 10.8. The van der Waals surface area contributed by atoms with E-state index in [1.807, 2.05) is 72.8 Å². The van der Waals surface area contributed by atoms with E-state index in [0.717, 1.165) is 16.2 Å². The van der Waals surface area contributed by atoms with Crippen molar-refractivity contribution in [1.29, 1.82) is 0 Å². The van der Waals surface area contributed by atoms with Gasteiger partial charge in [-0.2, -0.15) is 0 Å². The molecule has 4 rings (SSSR count). The second-order valence-corrected chi connectivity index (χ2v) is 11.9. The molecule has 0 unspecified atom stereocenters. The molecule has 0 bridgehead atoms. The van der Waals surface area contributed by atoms with Gasteiger partial charge in [0.25, 0.3) is 0 Å². The van der Waals surface area contributed by atoms with Gasteiger partial charge in [0.1, 0.15) is 5.75 Å². The molecule has 0 amide bonds. The maximum atomic E-state index is 13.1. The summed E-state index contributed by atoms with van der Waals surface area (Å²) in [5, 5.41) is 2.19. The fourth-order valence-electron chi connectivity index (χ4n) is 3.76. The van der Waals surface area contributed by atoms with Gasteiger partial charge in [-0.05, 0) is 28.3 Å². The Balaban J connectivity index is 1.80. The minimum atomic E-state index is -2.38. The molecule has 1 atom stereocenters. The van der Waals surface area contributed by atoms with E-state index in [1.54, 1.807) is 12.1 Å². The van der Waals surface area contributed by atoms with Crippen molar-refractivity contribution in [2.75, 3.05) is 0 Å². The Morgan fingerprint density at radius 3 is 1.58 bits per heavy atom. The van der Waals surface area contributed by atoms with Crippen LogP contribution in [0.4, 0.5) is 0 Å². The van der Waals surface area contributed by atoms with Crippen LogP contribution in [-0.2, 0) is 16.6 Å². The molecule has 0 spiro atoms. The Hall–Kier alpha value is -3.00. The maximum absolute atomic E-state index is 13.1. The minimum absolute atomic E-state index is 0.176. The fraction of sp³-hybridized carbons (Fsp3) is 0.0741. The van der Waals surface area contributed by atoms with Crippen LogP contribution >= 0.6 is 6.04 Å². The monoisotopic (exact) mass is 442 g/mol. The van der Waals surface area contributed by atoms with Gasteiger partial charge in [-0.1, -0.05) is 121 Å². The van der Waals surface area contributed by atoms with E-state index in [-0.39, 0.29) is 18.0 Å². The van der Waals surface area contributed by atoms with E-state index in [9.17, 15) is 4.79 Å².